The van der Waals surface area contributed by atoms with Crippen molar-refractivity contribution < 1.29 is 12.8 Å². The first kappa shape index (κ1) is 21.2. The number of aliphatic imine (C=N–C) groups is 1. The summed E-state index contributed by atoms with van der Waals surface area (Å²) in [5.41, 5.74) is 0. The van der Waals surface area contributed by atoms with E-state index in [9.17, 15) is 12.8 Å². The lowest BCUT2D eigenvalue weighted by Crippen LogP contribution is -2.41. The van der Waals surface area contributed by atoms with Crippen LogP contribution in [0.1, 0.15) is 25.7 Å². The highest BCUT2D eigenvalue weighted by Crippen LogP contribution is 2.14. The molecule has 0 radical (unpaired) electrons. The fourth-order valence-corrected chi connectivity index (χ4v) is 3.65. The molecule has 1 rings (SSSR count). The zero-order valence-electron chi connectivity index (χ0n) is 15.0. The summed E-state index contributed by atoms with van der Waals surface area (Å²) in [6.45, 7) is 4.70. The zero-order chi connectivity index (χ0) is 18.7. The first-order valence-electron chi connectivity index (χ1n) is 8.42. The molecule has 140 valence electrons. The highest BCUT2D eigenvalue weighted by molar-refractivity contribution is 7.91. The monoisotopic (exact) mass is 369 g/mol. The third kappa shape index (κ3) is 7.25. The van der Waals surface area contributed by atoms with Crippen LogP contribution in [-0.4, -0.2) is 52.2 Å². The van der Waals surface area contributed by atoms with Gasteiger partial charge in [0.15, 0.2) is 15.8 Å². The van der Waals surface area contributed by atoms with E-state index in [2.05, 4.69) is 16.9 Å². The molecule has 0 aliphatic carbocycles. The van der Waals surface area contributed by atoms with Gasteiger partial charge in [0.2, 0.25) is 0 Å². The number of sulfone groups is 1. The second kappa shape index (κ2) is 10.9. The molecule has 1 aromatic rings. The van der Waals surface area contributed by atoms with Gasteiger partial charge >= 0.3 is 0 Å². The molecule has 0 unspecified atom stereocenters. The topological polar surface area (TPSA) is 61.8 Å². The van der Waals surface area contributed by atoms with Crippen LogP contribution < -0.4 is 5.32 Å². The van der Waals surface area contributed by atoms with Crippen molar-refractivity contribution in [2.75, 3.05) is 32.9 Å². The Kier molecular flexibility index (Phi) is 9.20. The minimum Gasteiger partial charge on any atom is -0.355 e. The van der Waals surface area contributed by atoms with E-state index in [-0.39, 0.29) is 17.2 Å². The van der Waals surface area contributed by atoms with E-state index in [4.69, 9.17) is 0 Å². The summed E-state index contributed by atoms with van der Waals surface area (Å²) < 4.78 is 38.1. The van der Waals surface area contributed by atoms with Gasteiger partial charge in [0.25, 0.3) is 0 Å². The first-order chi connectivity index (χ1) is 11.9. The van der Waals surface area contributed by atoms with E-state index < -0.39 is 15.7 Å². The molecule has 0 aromatic heterocycles. The Morgan fingerprint density at radius 1 is 1.32 bits per heavy atom. The fraction of sp³-hybridized carbons (Fsp3) is 0.500. The van der Waals surface area contributed by atoms with Crippen LogP contribution in [0.15, 0.2) is 46.8 Å². The number of hydrogen-bond donors (Lipinski definition) is 1. The second-order valence-corrected chi connectivity index (χ2v) is 7.86. The summed E-state index contributed by atoms with van der Waals surface area (Å²) >= 11 is 0. The molecular weight excluding hydrogens is 341 g/mol. The number of guanidine groups is 1. The van der Waals surface area contributed by atoms with E-state index in [1.807, 2.05) is 18.0 Å². The Bertz CT molecular complexity index is 675. The summed E-state index contributed by atoms with van der Waals surface area (Å²) in [5, 5.41) is 3.02. The number of benzene rings is 1. The summed E-state index contributed by atoms with van der Waals surface area (Å²) in [6.07, 6.45) is 6.18. The van der Waals surface area contributed by atoms with E-state index in [0.717, 1.165) is 38.3 Å². The van der Waals surface area contributed by atoms with Crippen molar-refractivity contribution in [3.05, 3.63) is 42.7 Å². The average Bonchev–Trinajstić information content (AvgIpc) is 2.58. The Morgan fingerprint density at radius 2 is 2.04 bits per heavy atom. The summed E-state index contributed by atoms with van der Waals surface area (Å²) in [5.74, 6) is -0.281. The maximum absolute atomic E-state index is 13.7. The first-order valence-corrected chi connectivity index (χ1v) is 10.1. The van der Waals surface area contributed by atoms with E-state index in [1.165, 1.54) is 18.2 Å². The van der Waals surface area contributed by atoms with Crippen LogP contribution in [-0.2, 0) is 9.84 Å². The third-order valence-electron chi connectivity index (χ3n) is 3.80. The molecule has 0 bridgehead atoms. The number of nitrogens with one attached hydrogen (secondary N) is 1. The van der Waals surface area contributed by atoms with Gasteiger partial charge in [-0.2, -0.15) is 0 Å². The van der Waals surface area contributed by atoms with Crippen molar-refractivity contribution in [2.24, 2.45) is 4.99 Å². The zero-order valence-corrected chi connectivity index (χ0v) is 15.9. The highest BCUT2D eigenvalue weighted by atomic mass is 32.2. The maximum Gasteiger partial charge on any atom is 0.193 e. The number of unbranched alkanes of at least 4 members (excludes halogenated alkanes) is 3. The Labute approximate surface area is 150 Å². The molecular formula is C18H28FN3O2S. The van der Waals surface area contributed by atoms with Crippen molar-refractivity contribution in [2.45, 2.75) is 30.6 Å². The van der Waals surface area contributed by atoms with Gasteiger partial charge in [-0.25, -0.2) is 12.8 Å². The van der Waals surface area contributed by atoms with Crippen molar-refractivity contribution >= 4 is 15.8 Å². The molecule has 0 atom stereocenters. The van der Waals surface area contributed by atoms with Crippen molar-refractivity contribution in [3.8, 4) is 0 Å². The third-order valence-corrected chi connectivity index (χ3v) is 5.54. The van der Waals surface area contributed by atoms with E-state index in [1.54, 1.807) is 7.05 Å². The molecule has 1 N–H and O–H groups in total. The molecule has 0 spiro atoms. The minimum atomic E-state index is -3.67. The van der Waals surface area contributed by atoms with Crippen LogP contribution in [0.5, 0.6) is 0 Å². The quantitative estimate of drug-likeness (QED) is 0.298. The van der Waals surface area contributed by atoms with Crippen LogP contribution in [0, 0.1) is 5.82 Å². The summed E-state index contributed by atoms with van der Waals surface area (Å²) in [4.78, 5) is 5.86. The highest BCUT2D eigenvalue weighted by Gasteiger charge is 2.18. The smallest absolute Gasteiger partial charge is 0.193 e. The van der Waals surface area contributed by atoms with Gasteiger partial charge in [-0.05, 0) is 31.4 Å². The summed E-state index contributed by atoms with van der Waals surface area (Å²) in [7, 11) is -0.103. The van der Waals surface area contributed by atoms with Gasteiger partial charge in [-0.3, -0.25) is 4.99 Å². The molecule has 25 heavy (non-hydrogen) atoms. The van der Waals surface area contributed by atoms with E-state index in [0.29, 0.717) is 5.96 Å². The molecule has 7 heteroatoms. The lowest BCUT2D eigenvalue weighted by atomic mass is 10.2. The van der Waals surface area contributed by atoms with Gasteiger partial charge < -0.3 is 10.2 Å². The standard InChI is InChI=1S/C18H28FN3O2S/c1-4-5-6-7-10-14-22(3)18(20-2)21-13-15-25(23,24)17-12-9-8-11-16(17)19/h4,8-9,11-12H,1,5-7,10,13-15H2,2-3H3,(H,20,21). The molecule has 0 amide bonds. The predicted octanol–water partition coefficient (Wildman–Crippen LogP) is 2.85. The number of halogens is 1. The van der Waals surface area contributed by atoms with Crippen LogP contribution in [0.4, 0.5) is 4.39 Å². The molecule has 0 saturated carbocycles. The fourth-order valence-electron chi connectivity index (χ4n) is 2.41. The molecule has 0 aliphatic rings. The van der Waals surface area contributed by atoms with Crippen LogP contribution >= 0.6 is 0 Å². The molecule has 0 aliphatic heterocycles. The predicted molar refractivity (Wildman–Crippen MR) is 101 cm³/mol. The number of rotatable bonds is 10. The molecule has 1 aromatic carbocycles. The Balaban J connectivity index is 2.47. The van der Waals surface area contributed by atoms with Gasteiger partial charge in [0.05, 0.1) is 5.75 Å². The van der Waals surface area contributed by atoms with E-state index >= 15 is 0 Å². The van der Waals surface area contributed by atoms with Crippen molar-refractivity contribution in [3.63, 3.8) is 0 Å². The average molecular weight is 370 g/mol. The van der Waals surface area contributed by atoms with Crippen LogP contribution in [0.25, 0.3) is 0 Å². The number of hydrogen-bond acceptors (Lipinski definition) is 3. The molecule has 5 nitrogen and oxygen atoms in total. The van der Waals surface area contributed by atoms with Crippen molar-refractivity contribution in [1.82, 2.24) is 10.2 Å². The lowest BCUT2D eigenvalue weighted by Gasteiger charge is -2.22. The SMILES string of the molecule is C=CCCCCCN(C)C(=NC)NCCS(=O)(=O)c1ccccc1F. The second-order valence-electron chi connectivity index (χ2n) is 5.78. The minimum absolute atomic E-state index is 0.171. The van der Waals surface area contributed by atoms with Gasteiger partial charge in [0, 0.05) is 27.2 Å². The van der Waals surface area contributed by atoms with Crippen LogP contribution in [0.2, 0.25) is 0 Å². The Hall–Kier alpha value is -1.89. The maximum atomic E-state index is 13.7. The van der Waals surface area contributed by atoms with Gasteiger partial charge in [-0.1, -0.05) is 24.6 Å². The van der Waals surface area contributed by atoms with Gasteiger partial charge in [0.1, 0.15) is 10.7 Å². The van der Waals surface area contributed by atoms with Crippen molar-refractivity contribution in [1.29, 1.82) is 0 Å². The van der Waals surface area contributed by atoms with Crippen LogP contribution in [0.3, 0.4) is 0 Å². The number of allylic oxidation sites excluding steroid dienone is 1. The lowest BCUT2D eigenvalue weighted by molar-refractivity contribution is 0.456. The molecule has 0 saturated heterocycles. The largest absolute Gasteiger partial charge is 0.355 e. The summed E-state index contributed by atoms with van der Waals surface area (Å²) in [6, 6.07) is 5.43. The molecule has 0 heterocycles. The normalized spacial score (nSPS) is 12.0. The molecule has 0 fully saturated rings. The Morgan fingerprint density at radius 3 is 2.68 bits per heavy atom. The number of nitrogens with zero attached hydrogens (tertiary/aromatic N) is 2. The van der Waals surface area contributed by atoms with Gasteiger partial charge in [-0.15, -0.1) is 6.58 Å².